The van der Waals surface area contributed by atoms with Crippen LogP contribution in [0.5, 0.6) is 0 Å². The largest absolute Gasteiger partial charge is 0.479 e. The first-order chi connectivity index (χ1) is 7.86. The van der Waals surface area contributed by atoms with E-state index < -0.39 is 22.1 Å². The highest BCUT2D eigenvalue weighted by molar-refractivity contribution is 7.91. The average Bonchev–Trinajstić information content (AvgIpc) is 2.66. The molecule has 0 amide bonds. The van der Waals surface area contributed by atoms with E-state index in [0.29, 0.717) is 5.01 Å². The van der Waals surface area contributed by atoms with Crippen molar-refractivity contribution in [2.75, 3.05) is 13.7 Å². The molecule has 2 N–H and O–H groups in total. The third-order valence-corrected chi connectivity index (χ3v) is 4.68. The number of carbonyl (C=O) groups is 1. The maximum absolute atomic E-state index is 11.7. The van der Waals surface area contributed by atoms with E-state index in [-0.39, 0.29) is 10.8 Å². The maximum Gasteiger partial charge on any atom is 0.334 e. The van der Waals surface area contributed by atoms with Crippen LogP contribution in [0.1, 0.15) is 5.01 Å². The van der Waals surface area contributed by atoms with Crippen molar-refractivity contribution in [2.24, 2.45) is 0 Å². The molecule has 0 aromatic carbocycles. The van der Waals surface area contributed by atoms with Crippen molar-refractivity contribution in [2.45, 2.75) is 17.2 Å². The number of hydrogen-bond donors (Lipinski definition) is 2. The van der Waals surface area contributed by atoms with Crippen LogP contribution in [0.2, 0.25) is 0 Å². The van der Waals surface area contributed by atoms with Gasteiger partial charge in [-0.05, 0) is 6.92 Å². The van der Waals surface area contributed by atoms with E-state index in [1.807, 2.05) is 0 Å². The van der Waals surface area contributed by atoms with Crippen molar-refractivity contribution in [1.29, 1.82) is 0 Å². The third kappa shape index (κ3) is 3.73. The van der Waals surface area contributed by atoms with Gasteiger partial charge in [0.15, 0.2) is 10.3 Å². The van der Waals surface area contributed by atoms with Crippen LogP contribution in [0, 0.1) is 6.92 Å². The number of rotatable bonds is 6. The van der Waals surface area contributed by atoms with E-state index >= 15 is 0 Å². The average molecular weight is 280 g/mol. The van der Waals surface area contributed by atoms with Crippen molar-refractivity contribution >= 4 is 27.3 Å². The number of thiazole rings is 1. The Hall–Kier alpha value is -1.03. The summed E-state index contributed by atoms with van der Waals surface area (Å²) >= 11 is 1.01. The fourth-order valence-electron chi connectivity index (χ4n) is 0.994. The fraction of sp³-hybridized carbons (Fsp3) is 0.500. The van der Waals surface area contributed by atoms with Crippen LogP contribution in [-0.2, 0) is 19.6 Å². The standard InChI is InChI=1S/C8H12N2O5S2/c1-5-9-4-7(16-5)17(13,14)10-3-6(15-2)8(11)12/h4,6,10H,3H2,1-2H3,(H,11,12). The molecule has 0 fully saturated rings. The second-order valence-electron chi connectivity index (χ2n) is 3.11. The number of hydrogen-bond acceptors (Lipinski definition) is 6. The van der Waals surface area contributed by atoms with Gasteiger partial charge in [-0.25, -0.2) is 22.9 Å². The first-order valence-corrected chi connectivity index (χ1v) is 6.84. The Balaban J connectivity index is 2.71. The predicted octanol–water partition coefficient (Wildman–Crippen LogP) is -0.171. The SMILES string of the molecule is COC(CNS(=O)(=O)c1cnc(C)s1)C(=O)O. The molecule has 1 unspecified atom stereocenters. The zero-order chi connectivity index (χ0) is 13.1. The van der Waals surface area contributed by atoms with Gasteiger partial charge >= 0.3 is 5.97 Å². The lowest BCUT2D eigenvalue weighted by molar-refractivity contribution is -0.147. The number of aliphatic carboxylic acids is 1. The minimum Gasteiger partial charge on any atom is -0.479 e. The third-order valence-electron chi connectivity index (χ3n) is 1.88. The second kappa shape index (κ2) is 5.54. The van der Waals surface area contributed by atoms with E-state index in [4.69, 9.17) is 5.11 Å². The molecule has 7 nitrogen and oxygen atoms in total. The van der Waals surface area contributed by atoms with Gasteiger partial charge in [0.25, 0.3) is 10.0 Å². The topological polar surface area (TPSA) is 106 Å². The monoisotopic (exact) mass is 280 g/mol. The number of sulfonamides is 1. The van der Waals surface area contributed by atoms with Crippen LogP contribution in [0.3, 0.4) is 0 Å². The minimum atomic E-state index is -3.72. The quantitative estimate of drug-likeness (QED) is 0.749. The fourth-order valence-corrected chi connectivity index (χ4v) is 3.18. The number of methoxy groups -OCH3 is 1. The van der Waals surface area contributed by atoms with Crippen molar-refractivity contribution in [3.8, 4) is 0 Å². The summed E-state index contributed by atoms with van der Waals surface area (Å²) in [5.74, 6) is -1.23. The Labute approximate surface area is 102 Å². The minimum absolute atomic E-state index is 0.0511. The Kier molecular flexibility index (Phi) is 4.57. The summed E-state index contributed by atoms with van der Waals surface area (Å²) in [6.07, 6.45) is 0.0176. The van der Waals surface area contributed by atoms with Gasteiger partial charge in [-0.2, -0.15) is 0 Å². The van der Waals surface area contributed by atoms with Gasteiger partial charge in [0.2, 0.25) is 0 Å². The van der Waals surface area contributed by atoms with Crippen LogP contribution < -0.4 is 4.72 Å². The molecule has 0 saturated heterocycles. The van der Waals surface area contributed by atoms with Crippen LogP contribution in [0.25, 0.3) is 0 Å². The molecule has 1 heterocycles. The van der Waals surface area contributed by atoms with E-state index in [9.17, 15) is 13.2 Å². The summed E-state index contributed by atoms with van der Waals surface area (Å²) in [6, 6.07) is 0. The number of nitrogens with zero attached hydrogens (tertiary/aromatic N) is 1. The van der Waals surface area contributed by atoms with Gasteiger partial charge in [0, 0.05) is 13.7 Å². The lowest BCUT2D eigenvalue weighted by Gasteiger charge is -2.10. The summed E-state index contributed by atoms with van der Waals surface area (Å²) in [5.41, 5.74) is 0. The Morgan fingerprint density at radius 2 is 2.35 bits per heavy atom. The number of aryl methyl sites for hydroxylation is 1. The van der Waals surface area contributed by atoms with Crippen molar-refractivity contribution in [1.82, 2.24) is 9.71 Å². The molecular formula is C8H12N2O5S2. The van der Waals surface area contributed by atoms with Crippen LogP contribution >= 0.6 is 11.3 Å². The molecule has 0 bridgehead atoms. The molecule has 1 aromatic heterocycles. The molecule has 0 spiro atoms. The van der Waals surface area contributed by atoms with Gasteiger partial charge in [-0.15, -0.1) is 11.3 Å². The summed E-state index contributed by atoms with van der Waals surface area (Å²) < 4.78 is 30.2. The van der Waals surface area contributed by atoms with Crippen molar-refractivity contribution in [3.05, 3.63) is 11.2 Å². The van der Waals surface area contributed by atoms with E-state index in [0.717, 1.165) is 11.3 Å². The van der Waals surface area contributed by atoms with Crippen molar-refractivity contribution in [3.63, 3.8) is 0 Å². The first kappa shape index (κ1) is 14.0. The second-order valence-corrected chi connectivity index (χ2v) is 6.34. The highest BCUT2D eigenvalue weighted by atomic mass is 32.2. The molecule has 0 aliphatic heterocycles. The molecule has 0 aliphatic carbocycles. The highest BCUT2D eigenvalue weighted by Crippen LogP contribution is 2.17. The Morgan fingerprint density at radius 1 is 1.71 bits per heavy atom. The van der Waals surface area contributed by atoms with Crippen LogP contribution in [-0.4, -0.2) is 44.2 Å². The molecule has 96 valence electrons. The summed E-state index contributed by atoms with van der Waals surface area (Å²) in [6.45, 7) is 1.35. The van der Waals surface area contributed by atoms with Gasteiger partial charge in [0.05, 0.1) is 11.2 Å². The van der Waals surface area contributed by atoms with E-state index in [2.05, 4.69) is 14.4 Å². The number of ether oxygens (including phenoxy) is 1. The first-order valence-electron chi connectivity index (χ1n) is 4.54. The lowest BCUT2D eigenvalue weighted by atomic mass is 10.4. The van der Waals surface area contributed by atoms with E-state index in [1.165, 1.54) is 13.3 Å². The van der Waals surface area contributed by atoms with Gasteiger partial charge in [0.1, 0.15) is 0 Å². The summed E-state index contributed by atoms with van der Waals surface area (Å²) in [4.78, 5) is 14.4. The molecular weight excluding hydrogens is 268 g/mol. The number of aromatic nitrogens is 1. The lowest BCUT2D eigenvalue weighted by Crippen LogP contribution is -2.37. The molecule has 0 radical (unpaired) electrons. The number of carboxylic acids is 1. The molecule has 1 aromatic rings. The summed E-state index contributed by atoms with van der Waals surface area (Å²) in [7, 11) is -2.52. The number of carboxylic acid groups (broad SMARTS) is 1. The molecule has 1 atom stereocenters. The summed E-state index contributed by atoms with van der Waals surface area (Å²) in [5, 5.41) is 9.29. The predicted molar refractivity (Wildman–Crippen MR) is 60.5 cm³/mol. The Morgan fingerprint density at radius 3 is 2.76 bits per heavy atom. The van der Waals surface area contributed by atoms with Crippen molar-refractivity contribution < 1.29 is 23.1 Å². The van der Waals surface area contributed by atoms with Crippen LogP contribution in [0.15, 0.2) is 10.4 Å². The van der Waals surface area contributed by atoms with Gasteiger partial charge in [-0.1, -0.05) is 0 Å². The van der Waals surface area contributed by atoms with Crippen LogP contribution in [0.4, 0.5) is 0 Å². The molecule has 17 heavy (non-hydrogen) atoms. The molecule has 9 heteroatoms. The normalized spacial score (nSPS) is 13.5. The maximum atomic E-state index is 11.7. The molecule has 0 saturated carbocycles. The van der Waals surface area contributed by atoms with Gasteiger partial charge in [-0.3, -0.25) is 0 Å². The zero-order valence-electron chi connectivity index (χ0n) is 9.21. The molecule has 1 rings (SSSR count). The zero-order valence-corrected chi connectivity index (χ0v) is 10.8. The molecule has 0 aliphatic rings. The van der Waals surface area contributed by atoms with E-state index in [1.54, 1.807) is 6.92 Å². The van der Waals surface area contributed by atoms with Gasteiger partial charge < -0.3 is 9.84 Å². The Bertz CT molecular complexity index is 496. The smallest absolute Gasteiger partial charge is 0.334 e. The number of nitrogens with one attached hydrogen (secondary N) is 1. The highest BCUT2D eigenvalue weighted by Gasteiger charge is 2.22.